The molecule has 16 heavy (non-hydrogen) atoms. The molecule has 1 atom stereocenters. The normalized spacial score (nSPS) is 16.8. The Bertz CT molecular complexity index is 417. The lowest BCUT2D eigenvalue weighted by molar-refractivity contribution is -0.131. The summed E-state index contributed by atoms with van der Waals surface area (Å²) in [5, 5.41) is -0.449. The predicted molar refractivity (Wildman–Crippen MR) is 65.3 cm³/mol. The van der Waals surface area contributed by atoms with Crippen LogP contribution in [0.15, 0.2) is 18.2 Å². The van der Waals surface area contributed by atoms with E-state index in [0.29, 0.717) is 6.54 Å². The Morgan fingerprint density at radius 2 is 2.25 bits per heavy atom. The zero-order chi connectivity index (χ0) is 11.7. The standard InChI is InChI=1S/C12H15ClN2O/c1-8(13)12(16)15-5-4-9-6-11(14)3-2-10(9)7-15/h2-3,6,8H,4-5,7,14H2,1H3. The molecule has 0 spiro atoms. The number of carbonyl (C=O) groups excluding carboxylic acids is 1. The van der Waals surface area contributed by atoms with Gasteiger partial charge in [-0.2, -0.15) is 0 Å². The Morgan fingerprint density at radius 1 is 1.50 bits per heavy atom. The molecule has 1 aromatic rings. The summed E-state index contributed by atoms with van der Waals surface area (Å²) in [6.45, 7) is 3.08. The molecule has 0 aliphatic carbocycles. The highest BCUT2D eigenvalue weighted by Gasteiger charge is 2.23. The largest absolute Gasteiger partial charge is 0.399 e. The third kappa shape index (κ3) is 2.14. The van der Waals surface area contributed by atoms with Gasteiger partial charge in [-0.25, -0.2) is 0 Å². The van der Waals surface area contributed by atoms with E-state index in [9.17, 15) is 4.79 Å². The summed E-state index contributed by atoms with van der Waals surface area (Å²) in [7, 11) is 0. The molecule has 1 unspecified atom stereocenters. The minimum atomic E-state index is -0.449. The van der Waals surface area contributed by atoms with Gasteiger partial charge in [-0.3, -0.25) is 4.79 Å². The fourth-order valence-corrected chi connectivity index (χ4v) is 2.15. The Morgan fingerprint density at radius 3 is 2.94 bits per heavy atom. The molecule has 0 bridgehead atoms. The molecule has 2 N–H and O–H groups in total. The van der Waals surface area contributed by atoms with E-state index in [1.54, 1.807) is 11.8 Å². The highest BCUT2D eigenvalue weighted by atomic mass is 35.5. The summed E-state index contributed by atoms with van der Waals surface area (Å²) in [5.74, 6) is 0.00383. The van der Waals surface area contributed by atoms with Gasteiger partial charge in [0.2, 0.25) is 5.91 Å². The summed E-state index contributed by atoms with van der Waals surface area (Å²) in [6, 6.07) is 5.85. The number of alkyl halides is 1. The van der Waals surface area contributed by atoms with Crippen LogP contribution in [0.25, 0.3) is 0 Å². The molecule has 0 radical (unpaired) electrons. The van der Waals surface area contributed by atoms with Gasteiger partial charge < -0.3 is 10.6 Å². The zero-order valence-corrected chi connectivity index (χ0v) is 10.00. The fraction of sp³-hybridized carbons (Fsp3) is 0.417. The number of nitrogens with zero attached hydrogens (tertiary/aromatic N) is 1. The molecular weight excluding hydrogens is 224 g/mol. The van der Waals surface area contributed by atoms with E-state index in [0.717, 1.165) is 18.7 Å². The number of anilines is 1. The molecule has 1 aromatic carbocycles. The van der Waals surface area contributed by atoms with Gasteiger partial charge in [-0.15, -0.1) is 11.6 Å². The van der Waals surface area contributed by atoms with Gasteiger partial charge in [0.1, 0.15) is 5.38 Å². The second-order valence-corrected chi connectivity index (χ2v) is 4.81. The molecule has 0 aromatic heterocycles. The fourth-order valence-electron chi connectivity index (χ4n) is 2.01. The lowest BCUT2D eigenvalue weighted by atomic mass is 9.99. The maximum Gasteiger partial charge on any atom is 0.240 e. The summed E-state index contributed by atoms with van der Waals surface area (Å²) >= 11 is 5.80. The van der Waals surface area contributed by atoms with Crippen LogP contribution in [-0.2, 0) is 17.8 Å². The first kappa shape index (κ1) is 11.3. The smallest absolute Gasteiger partial charge is 0.240 e. The Balaban J connectivity index is 2.18. The number of fused-ring (bicyclic) bond motifs is 1. The van der Waals surface area contributed by atoms with Crippen LogP contribution in [0, 0.1) is 0 Å². The van der Waals surface area contributed by atoms with Gasteiger partial charge >= 0.3 is 0 Å². The van der Waals surface area contributed by atoms with E-state index in [4.69, 9.17) is 17.3 Å². The van der Waals surface area contributed by atoms with Crippen LogP contribution in [-0.4, -0.2) is 22.7 Å². The molecule has 1 heterocycles. The number of hydrogen-bond acceptors (Lipinski definition) is 2. The average molecular weight is 239 g/mol. The molecule has 4 heteroatoms. The molecule has 1 amide bonds. The van der Waals surface area contributed by atoms with Crippen LogP contribution in [0.3, 0.4) is 0 Å². The van der Waals surface area contributed by atoms with E-state index in [1.165, 1.54) is 11.1 Å². The number of hydrogen-bond donors (Lipinski definition) is 1. The second-order valence-electron chi connectivity index (χ2n) is 4.15. The number of nitrogens with two attached hydrogens (primary N) is 1. The maximum atomic E-state index is 11.7. The first-order chi connectivity index (χ1) is 7.58. The Kier molecular flexibility index (Phi) is 3.06. The second kappa shape index (κ2) is 4.34. The molecular formula is C12H15ClN2O. The van der Waals surface area contributed by atoms with Crippen LogP contribution in [0.5, 0.6) is 0 Å². The highest BCUT2D eigenvalue weighted by molar-refractivity contribution is 6.30. The SMILES string of the molecule is CC(Cl)C(=O)N1CCc2cc(N)ccc2C1. The molecule has 86 valence electrons. The zero-order valence-electron chi connectivity index (χ0n) is 9.24. The van der Waals surface area contributed by atoms with Crippen LogP contribution < -0.4 is 5.73 Å². The number of rotatable bonds is 1. The van der Waals surface area contributed by atoms with E-state index < -0.39 is 5.38 Å². The van der Waals surface area contributed by atoms with Crippen molar-refractivity contribution < 1.29 is 4.79 Å². The Labute approximate surface area is 100 Å². The van der Waals surface area contributed by atoms with Crippen molar-refractivity contribution in [1.29, 1.82) is 0 Å². The topological polar surface area (TPSA) is 46.3 Å². The van der Waals surface area contributed by atoms with Crippen molar-refractivity contribution in [2.75, 3.05) is 12.3 Å². The lowest BCUT2D eigenvalue weighted by Gasteiger charge is -2.29. The minimum absolute atomic E-state index is 0.00383. The summed E-state index contributed by atoms with van der Waals surface area (Å²) in [5.41, 5.74) is 8.92. The first-order valence-electron chi connectivity index (χ1n) is 5.38. The molecule has 1 aliphatic heterocycles. The van der Waals surface area contributed by atoms with E-state index in [1.807, 2.05) is 18.2 Å². The van der Waals surface area contributed by atoms with Crippen molar-refractivity contribution in [2.45, 2.75) is 25.3 Å². The van der Waals surface area contributed by atoms with Crippen molar-refractivity contribution in [3.05, 3.63) is 29.3 Å². The van der Waals surface area contributed by atoms with Crippen molar-refractivity contribution in [3.63, 3.8) is 0 Å². The van der Waals surface area contributed by atoms with E-state index in [2.05, 4.69) is 0 Å². The third-order valence-corrected chi connectivity index (χ3v) is 3.08. The van der Waals surface area contributed by atoms with Gasteiger partial charge in [0.05, 0.1) is 0 Å². The number of carbonyl (C=O) groups is 1. The quantitative estimate of drug-likeness (QED) is 0.599. The maximum absolute atomic E-state index is 11.7. The van der Waals surface area contributed by atoms with Crippen molar-refractivity contribution in [2.24, 2.45) is 0 Å². The van der Waals surface area contributed by atoms with E-state index in [-0.39, 0.29) is 5.91 Å². The van der Waals surface area contributed by atoms with E-state index >= 15 is 0 Å². The van der Waals surface area contributed by atoms with Gasteiger partial charge in [-0.05, 0) is 36.6 Å². The third-order valence-electron chi connectivity index (χ3n) is 2.89. The molecule has 1 aliphatic rings. The number of benzene rings is 1. The van der Waals surface area contributed by atoms with Crippen LogP contribution >= 0.6 is 11.6 Å². The first-order valence-corrected chi connectivity index (χ1v) is 5.81. The molecule has 2 rings (SSSR count). The lowest BCUT2D eigenvalue weighted by Crippen LogP contribution is -2.39. The van der Waals surface area contributed by atoms with Crippen LogP contribution in [0.4, 0.5) is 5.69 Å². The van der Waals surface area contributed by atoms with Crippen molar-refractivity contribution in [1.82, 2.24) is 4.90 Å². The monoisotopic (exact) mass is 238 g/mol. The van der Waals surface area contributed by atoms with Gasteiger partial charge in [0.25, 0.3) is 0 Å². The average Bonchev–Trinajstić information content (AvgIpc) is 2.27. The van der Waals surface area contributed by atoms with Crippen LogP contribution in [0.1, 0.15) is 18.1 Å². The minimum Gasteiger partial charge on any atom is -0.399 e. The Hall–Kier alpha value is -1.22. The number of amides is 1. The number of nitrogen functional groups attached to an aromatic ring is 1. The molecule has 3 nitrogen and oxygen atoms in total. The van der Waals surface area contributed by atoms with Crippen molar-refractivity contribution in [3.8, 4) is 0 Å². The highest BCUT2D eigenvalue weighted by Crippen LogP contribution is 2.22. The molecule has 0 fully saturated rings. The van der Waals surface area contributed by atoms with Crippen molar-refractivity contribution >= 4 is 23.2 Å². The van der Waals surface area contributed by atoms with Gasteiger partial charge in [-0.1, -0.05) is 6.07 Å². The summed E-state index contributed by atoms with van der Waals surface area (Å²) in [4.78, 5) is 13.5. The molecule has 0 saturated carbocycles. The summed E-state index contributed by atoms with van der Waals surface area (Å²) < 4.78 is 0. The van der Waals surface area contributed by atoms with Gasteiger partial charge in [0, 0.05) is 18.8 Å². The van der Waals surface area contributed by atoms with Crippen LogP contribution in [0.2, 0.25) is 0 Å². The van der Waals surface area contributed by atoms with Gasteiger partial charge in [0.15, 0.2) is 0 Å². The summed E-state index contributed by atoms with van der Waals surface area (Å²) in [6.07, 6.45) is 0.857. The molecule has 0 saturated heterocycles. The predicted octanol–water partition coefficient (Wildman–Crippen LogP) is 1.78. The number of halogens is 1.